The second-order valence-electron chi connectivity index (χ2n) is 11.8. The van der Waals surface area contributed by atoms with Crippen LogP contribution in [0.2, 0.25) is 0 Å². The van der Waals surface area contributed by atoms with Crippen molar-refractivity contribution in [3.8, 4) is 0 Å². The number of carbonyl (C=O) groups excluding carboxylic acids is 3. The predicted molar refractivity (Wildman–Crippen MR) is 136 cm³/mol. The maximum absolute atomic E-state index is 13.4. The summed E-state index contributed by atoms with van der Waals surface area (Å²) in [4.78, 5) is 52.6. The van der Waals surface area contributed by atoms with Crippen molar-refractivity contribution in [2.24, 2.45) is 28.6 Å². The monoisotopic (exact) mass is 539 g/mol. The SMILES string of the molecule is C[C@]12C[C@H](O)[C@H]3[C@@H](CCC4=CC(=O)C=C[C@]43C)[C@@H]1CC[C@]2(O)C(=O)COC(=O)c1ccc(CO[N+](=O)[O-])cc1. The maximum atomic E-state index is 13.4. The smallest absolute Gasteiger partial charge is 0.338 e. The van der Waals surface area contributed by atoms with E-state index in [0.29, 0.717) is 12.0 Å². The number of hydrogen-bond donors (Lipinski definition) is 2. The number of esters is 1. The zero-order valence-electron chi connectivity index (χ0n) is 22.0. The number of aliphatic hydroxyl groups excluding tert-OH is 1. The topological polar surface area (TPSA) is 153 Å². The third kappa shape index (κ3) is 4.39. The highest BCUT2D eigenvalue weighted by atomic mass is 16.9. The maximum Gasteiger partial charge on any atom is 0.338 e. The Labute approximate surface area is 225 Å². The number of ketones is 2. The molecule has 0 heterocycles. The largest absolute Gasteiger partial charge is 0.454 e. The highest BCUT2D eigenvalue weighted by molar-refractivity contribution is 6.01. The fraction of sp³-hybridized carbons (Fsp3) is 0.552. The zero-order chi connectivity index (χ0) is 28.2. The quantitative estimate of drug-likeness (QED) is 0.302. The van der Waals surface area contributed by atoms with E-state index in [4.69, 9.17) is 4.74 Å². The van der Waals surface area contributed by atoms with E-state index in [1.807, 2.05) is 13.0 Å². The lowest BCUT2D eigenvalue weighted by molar-refractivity contribution is -0.763. The molecule has 4 aliphatic rings. The first-order chi connectivity index (χ1) is 18.4. The van der Waals surface area contributed by atoms with Crippen molar-refractivity contribution in [1.82, 2.24) is 0 Å². The minimum absolute atomic E-state index is 0.00566. The fourth-order valence-electron chi connectivity index (χ4n) is 7.99. The van der Waals surface area contributed by atoms with Gasteiger partial charge in [-0.3, -0.25) is 9.59 Å². The Kier molecular flexibility index (Phi) is 6.75. The number of ether oxygens (including phenoxy) is 1. The van der Waals surface area contributed by atoms with Crippen LogP contribution >= 0.6 is 0 Å². The number of allylic oxidation sites excluding steroid dienone is 4. The van der Waals surface area contributed by atoms with Crippen LogP contribution in [0.15, 0.2) is 48.1 Å². The molecule has 0 spiro atoms. The summed E-state index contributed by atoms with van der Waals surface area (Å²) in [5, 5.41) is 32.7. The van der Waals surface area contributed by atoms with Gasteiger partial charge in [0.2, 0.25) is 5.78 Å². The number of Topliss-reactive ketones (excluding diaryl/α,β-unsaturated/α-hetero) is 1. The Balaban J connectivity index is 1.28. The minimum atomic E-state index is -1.75. The molecule has 0 radical (unpaired) electrons. The van der Waals surface area contributed by atoms with Crippen molar-refractivity contribution >= 4 is 17.5 Å². The van der Waals surface area contributed by atoms with Gasteiger partial charge in [-0.2, -0.15) is 0 Å². The summed E-state index contributed by atoms with van der Waals surface area (Å²) in [6.07, 6.45) is 6.97. The first-order valence-corrected chi connectivity index (χ1v) is 13.3. The van der Waals surface area contributed by atoms with E-state index >= 15 is 0 Å². The predicted octanol–water partition coefficient (Wildman–Crippen LogP) is 3.13. The average Bonchev–Trinajstić information content (AvgIpc) is 3.17. The van der Waals surface area contributed by atoms with Gasteiger partial charge in [0.1, 0.15) is 12.2 Å². The average molecular weight is 540 g/mol. The molecule has 0 aliphatic heterocycles. The molecule has 0 amide bonds. The van der Waals surface area contributed by atoms with Gasteiger partial charge in [-0.1, -0.05) is 37.6 Å². The molecule has 0 unspecified atom stereocenters. The summed E-state index contributed by atoms with van der Waals surface area (Å²) in [6, 6.07) is 5.82. The van der Waals surface area contributed by atoms with Crippen LogP contribution in [0.25, 0.3) is 0 Å². The van der Waals surface area contributed by atoms with Gasteiger partial charge >= 0.3 is 5.97 Å². The van der Waals surface area contributed by atoms with Crippen molar-refractivity contribution in [2.75, 3.05) is 6.61 Å². The molecule has 39 heavy (non-hydrogen) atoms. The lowest BCUT2D eigenvalue weighted by Crippen LogP contribution is -2.61. The van der Waals surface area contributed by atoms with Crippen LogP contribution in [-0.2, 0) is 25.8 Å². The molecule has 2 N–H and O–H groups in total. The summed E-state index contributed by atoms with van der Waals surface area (Å²) < 4.78 is 5.26. The van der Waals surface area contributed by atoms with Crippen LogP contribution in [0.5, 0.6) is 0 Å². The normalized spacial score (nSPS) is 36.7. The Morgan fingerprint density at radius 1 is 1.18 bits per heavy atom. The van der Waals surface area contributed by atoms with Gasteiger partial charge in [-0.05, 0) is 73.8 Å². The lowest BCUT2D eigenvalue weighted by atomic mass is 9.46. The number of fused-ring (bicyclic) bond motifs is 5. The second-order valence-corrected chi connectivity index (χ2v) is 11.8. The molecule has 10 nitrogen and oxygen atoms in total. The first kappa shape index (κ1) is 27.2. The molecular weight excluding hydrogens is 506 g/mol. The molecule has 3 fully saturated rings. The minimum Gasteiger partial charge on any atom is -0.454 e. The number of hydrogen-bond acceptors (Lipinski definition) is 9. The highest BCUT2D eigenvalue weighted by Gasteiger charge is 2.68. The molecule has 1 aromatic rings. The molecule has 3 saturated carbocycles. The molecule has 208 valence electrons. The lowest BCUT2D eigenvalue weighted by Gasteiger charge is -2.59. The summed E-state index contributed by atoms with van der Waals surface area (Å²) in [5.41, 5.74) is -1.40. The van der Waals surface area contributed by atoms with Crippen LogP contribution in [0.3, 0.4) is 0 Å². The van der Waals surface area contributed by atoms with Gasteiger partial charge in [0.15, 0.2) is 12.4 Å². The molecule has 10 heteroatoms. The van der Waals surface area contributed by atoms with E-state index in [1.54, 1.807) is 12.2 Å². The van der Waals surface area contributed by atoms with Crippen LogP contribution < -0.4 is 0 Å². The van der Waals surface area contributed by atoms with Gasteiger partial charge in [0.05, 0.1) is 11.7 Å². The Hall–Kier alpha value is -3.37. The van der Waals surface area contributed by atoms with Crippen molar-refractivity contribution in [2.45, 2.75) is 64.3 Å². The molecular formula is C29H33NO9. The number of aliphatic hydroxyl groups is 2. The molecule has 0 bridgehead atoms. The van der Waals surface area contributed by atoms with Crippen molar-refractivity contribution in [3.05, 3.63) is 69.3 Å². The van der Waals surface area contributed by atoms with Gasteiger partial charge in [-0.15, -0.1) is 10.1 Å². The van der Waals surface area contributed by atoms with Gasteiger partial charge < -0.3 is 19.8 Å². The molecule has 7 atom stereocenters. The molecule has 4 aliphatic carbocycles. The highest BCUT2D eigenvalue weighted by Crippen LogP contribution is 2.67. The van der Waals surface area contributed by atoms with E-state index in [0.717, 1.165) is 18.4 Å². The molecule has 1 aromatic carbocycles. The Morgan fingerprint density at radius 2 is 1.90 bits per heavy atom. The van der Waals surface area contributed by atoms with Gasteiger partial charge in [0, 0.05) is 16.7 Å². The van der Waals surface area contributed by atoms with E-state index in [1.165, 1.54) is 24.3 Å². The van der Waals surface area contributed by atoms with Gasteiger partial charge in [-0.25, -0.2) is 4.79 Å². The standard InChI is InChI=1S/C29H33NO9/c1-27-11-9-20(31)13-19(27)7-8-21-22-10-12-29(35,28(22,2)14-23(32)25(21)27)24(33)16-38-26(34)18-5-3-17(4-6-18)15-39-30(36)37/h3-6,9,11,13,21-23,25,32,35H,7-8,10,12,14-16H2,1-2H3/t21-,22-,23-,25+,27+,28-,29-/m0/s1. The van der Waals surface area contributed by atoms with Crippen LogP contribution in [0.4, 0.5) is 0 Å². The number of benzene rings is 1. The van der Waals surface area contributed by atoms with E-state index < -0.39 is 46.0 Å². The van der Waals surface area contributed by atoms with Crippen molar-refractivity contribution in [1.29, 1.82) is 0 Å². The number of carbonyl (C=O) groups is 3. The van der Waals surface area contributed by atoms with Crippen LogP contribution in [0.1, 0.15) is 61.9 Å². The van der Waals surface area contributed by atoms with Crippen LogP contribution in [-0.4, -0.2) is 51.1 Å². The summed E-state index contributed by atoms with van der Waals surface area (Å²) in [7, 11) is 0. The summed E-state index contributed by atoms with van der Waals surface area (Å²) in [6.45, 7) is 3.07. The molecule has 0 saturated heterocycles. The molecule has 0 aromatic heterocycles. The van der Waals surface area contributed by atoms with E-state index in [-0.39, 0.29) is 48.5 Å². The van der Waals surface area contributed by atoms with Crippen LogP contribution in [0, 0.1) is 38.7 Å². The van der Waals surface area contributed by atoms with Crippen molar-refractivity contribution in [3.63, 3.8) is 0 Å². The zero-order valence-corrected chi connectivity index (χ0v) is 22.0. The first-order valence-electron chi connectivity index (χ1n) is 13.3. The third-order valence-corrected chi connectivity index (χ3v) is 9.97. The second kappa shape index (κ2) is 9.67. The number of nitrogens with zero attached hydrogens (tertiary/aromatic N) is 1. The van der Waals surface area contributed by atoms with E-state index in [2.05, 4.69) is 11.8 Å². The van der Waals surface area contributed by atoms with E-state index in [9.17, 15) is 34.7 Å². The fourth-order valence-corrected chi connectivity index (χ4v) is 7.99. The Morgan fingerprint density at radius 3 is 2.59 bits per heavy atom. The Bertz CT molecular complexity index is 1270. The summed E-state index contributed by atoms with van der Waals surface area (Å²) in [5.74, 6) is -1.43. The summed E-state index contributed by atoms with van der Waals surface area (Å²) >= 11 is 0. The van der Waals surface area contributed by atoms with Gasteiger partial charge in [0.25, 0.3) is 5.09 Å². The molecule has 5 rings (SSSR count). The number of rotatable bonds is 7. The third-order valence-electron chi connectivity index (χ3n) is 9.97. The van der Waals surface area contributed by atoms with Crippen molar-refractivity contribution < 1.29 is 39.3 Å².